The second-order valence-corrected chi connectivity index (χ2v) is 4.96. The molecule has 3 rings (SSSR count). The van der Waals surface area contributed by atoms with Crippen LogP contribution in [0.1, 0.15) is 26.4 Å². The Morgan fingerprint density at radius 3 is 2.73 bits per heavy atom. The summed E-state index contributed by atoms with van der Waals surface area (Å²) in [5, 5.41) is 12.7. The van der Waals surface area contributed by atoms with Crippen LogP contribution >= 0.6 is 0 Å². The van der Waals surface area contributed by atoms with E-state index in [2.05, 4.69) is 10.3 Å². The molecule has 1 heterocycles. The van der Waals surface area contributed by atoms with Gasteiger partial charge in [-0.05, 0) is 30.2 Å². The number of allylic oxidation sites excluding steroid dienone is 2. The highest BCUT2D eigenvalue weighted by Crippen LogP contribution is 2.18. The molecular formula is C17H14N2O3. The van der Waals surface area contributed by atoms with Crippen LogP contribution in [0.5, 0.6) is 5.75 Å². The van der Waals surface area contributed by atoms with E-state index < -0.39 is 0 Å². The number of aromatic hydroxyl groups is 1. The third-order valence-corrected chi connectivity index (χ3v) is 3.51. The molecule has 110 valence electrons. The van der Waals surface area contributed by atoms with Crippen molar-refractivity contribution in [2.24, 2.45) is 0 Å². The summed E-state index contributed by atoms with van der Waals surface area (Å²) in [5.41, 5.74) is 1.54. The van der Waals surface area contributed by atoms with Crippen molar-refractivity contribution in [3.8, 4) is 5.75 Å². The molecule has 0 saturated heterocycles. The quantitative estimate of drug-likeness (QED) is 0.900. The van der Waals surface area contributed by atoms with Crippen molar-refractivity contribution in [3.05, 3.63) is 71.2 Å². The van der Waals surface area contributed by atoms with Crippen LogP contribution in [-0.4, -0.2) is 28.2 Å². The fraction of sp³-hybridized carbons (Fsp3) is 0.118. The number of ketones is 2. The highest BCUT2D eigenvalue weighted by atomic mass is 16.3. The SMILES string of the molecule is O=C1C=C(NCCc2ccccc2O)C(=O)c2ncccc21. The van der Waals surface area contributed by atoms with Gasteiger partial charge < -0.3 is 10.4 Å². The Bertz CT molecular complexity index is 781. The number of fused-ring (bicyclic) bond motifs is 1. The third kappa shape index (κ3) is 2.61. The monoisotopic (exact) mass is 294 g/mol. The summed E-state index contributed by atoms with van der Waals surface area (Å²) in [4.78, 5) is 28.2. The number of rotatable bonds is 4. The van der Waals surface area contributed by atoms with E-state index >= 15 is 0 Å². The van der Waals surface area contributed by atoms with Crippen molar-refractivity contribution in [3.63, 3.8) is 0 Å². The Kier molecular flexibility index (Phi) is 3.70. The van der Waals surface area contributed by atoms with Gasteiger partial charge in [0.1, 0.15) is 11.4 Å². The maximum absolute atomic E-state index is 12.3. The number of hydrogen-bond acceptors (Lipinski definition) is 5. The third-order valence-electron chi connectivity index (χ3n) is 3.51. The second kappa shape index (κ2) is 5.81. The lowest BCUT2D eigenvalue weighted by Gasteiger charge is -2.15. The summed E-state index contributed by atoms with van der Waals surface area (Å²) in [7, 11) is 0. The van der Waals surface area contributed by atoms with Crippen molar-refractivity contribution in [2.75, 3.05) is 6.54 Å². The second-order valence-electron chi connectivity index (χ2n) is 4.96. The summed E-state index contributed by atoms with van der Waals surface area (Å²) < 4.78 is 0. The largest absolute Gasteiger partial charge is 0.508 e. The zero-order valence-electron chi connectivity index (χ0n) is 11.7. The number of carbonyl (C=O) groups is 2. The number of nitrogens with zero attached hydrogens (tertiary/aromatic N) is 1. The van der Waals surface area contributed by atoms with E-state index in [9.17, 15) is 14.7 Å². The van der Waals surface area contributed by atoms with Gasteiger partial charge in [-0.1, -0.05) is 18.2 Å². The van der Waals surface area contributed by atoms with E-state index in [-0.39, 0.29) is 28.7 Å². The number of pyridine rings is 1. The molecule has 1 aromatic carbocycles. The number of aromatic nitrogens is 1. The molecular weight excluding hydrogens is 280 g/mol. The Labute approximate surface area is 127 Å². The molecule has 1 aliphatic rings. The minimum absolute atomic E-state index is 0.181. The van der Waals surface area contributed by atoms with Gasteiger partial charge in [0.2, 0.25) is 5.78 Å². The van der Waals surface area contributed by atoms with Gasteiger partial charge in [-0.3, -0.25) is 14.6 Å². The van der Waals surface area contributed by atoms with Crippen molar-refractivity contribution in [2.45, 2.75) is 6.42 Å². The van der Waals surface area contributed by atoms with Crippen LogP contribution in [0.25, 0.3) is 0 Å². The molecule has 22 heavy (non-hydrogen) atoms. The van der Waals surface area contributed by atoms with Gasteiger partial charge in [0.25, 0.3) is 0 Å². The summed E-state index contributed by atoms with van der Waals surface area (Å²) in [6.45, 7) is 0.435. The molecule has 5 nitrogen and oxygen atoms in total. The van der Waals surface area contributed by atoms with Crippen molar-refractivity contribution >= 4 is 11.6 Å². The predicted octanol–water partition coefficient (Wildman–Crippen LogP) is 1.88. The maximum atomic E-state index is 12.3. The summed E-state index contributed by atoms with van der Waals surface area (Å²) >= 11 is 0. The van der Waals surface area contributed by atoms with Crippen LogP contribution in [0, 0.1) is 0 Å². The lowest BCUT2D eigenvalue weighted by atomic mass is 9.97. The average molecular weight is 294 g/mol. The molecule has 0 spiro atoms. The maximum Gasteiger partial charge on any atom is 0.228 e. The lowest BCUT2D eigenvalue weighted by Crippen LogP contribution is -2.29. The van der Waals surface area contributed by atoms with E-state index in [1.807, 2.05) is 12.1 Å². The lowest BCUT2D eigenvalue weighted by molar-refractivity contribution is 0.0974. The van der Waals surface area contributed by atoms with E-state index in [0.29, 0.717) is 18.5 Å². The van der Waals surface area contributed by atoms with Gasteiger partial charge in [-0.25, -0.2) is 0 Å². The highest BCUT2D eigenvalue weighted by molar-refractivity contribution is 6.23. The van der Waals surface area contributed by atoms with Crippen LogP contribution in [0.15, 0.2) is 54.4 Å². The first-order valence-corrected chi connectivity index (χ1v) is 6.93. The van der Waals surface area contributed by atoms with Crippen molar-refractivity contribution in [1.82, 2.24) is 10.3 Å². The Morgan fingerprint density at radius 2 is 1.91 bits per heavy atom. The highest BCUT2D eigenvalue weighted by Gasteiger charge is 2.26. The summed E-state index contributed by atoms with van der Waals surface area (Å²) in [5.74, 6) is -0.295. The van der Waals surface area contributed by atoms with Gasteiger partial charge in [0.05, 0.1) is 11.3 Å². The molecule has 0 aliphatic heterocycles. The normalized spacial score (nSPS) is 13.5. The number of benzene rings is 1. The molecule has 0 radical (unpaired) electrons. The van der Waals surface area contributed by atoms with E-state index in [4.69, 9.17) is 0 Å². The van der Waals surface area contributed by atoms with Gasteiger partial charge in [0, 0.05) is 18.8 Å². The van der Waals surface area contributed by atoms with E-state index in [0.717, 1.165) is 5.56 Å². The minimum Gasteiger partial charge on any atom is -0.508 e. The molecule has 2 N–H and O–H groups in total. The van der Waals surface area contributed by atoms with Crippen LogP contribution in [0.3, 0.4) is 0 Å². The van der Waals surface area contributed by atoms with Crippen molar-refractivity contribution < 1.29 is 14.7 Å². The molecule has 0 unspecified atom stereocenters. The van der Waals surface area contributed by atoms with E-state index in [1.165, 1.54) is 12.3 Å². The fourth-order valence-corrected chi connectivity index (χ4v) is 2.37. The van der Waals surface area contributed by atoms with Gasteiger partial charge in [-0.15, -0.1) is 0 Å². The number of phenolic OH excluding ortho intramolecular Hbond substituents is 1. The molecule has 0 fully saturated rings. The van der Waals surface area contributed by atoms with Crippen LogP contribution in [0.4, 0.5) is 0 Å². The number of phenols is 1. The van der Waals surface area contributed by atoms with Crippen LogP contribution in [0.2, 0.25) is 0 Å². The topological polar surface area (TPSA) is 79.3 Å². The average Bonchev–Trinajstić information content (AvgIpc) is 2.54. The first-order valence-electron chi connectivity index (χ1n) is 6.93. The number of nitrogens with one attached hydrogen (secondary N) is 1. The molecule has 1 aliphatic carbocycles. The standard InChI is InChI=1S/C17H14N2O3/c20-14-6-2-1-4-11(14)7-9-18-13-10-15(21)12-5-3-8-19-16(12)17(13)22/h1-6,8,10,18,20H,7,9H2. The molecule has 0 saturated carbocycles. The number of carbonyl (C=O) groups excluding carboxylic acids is 2. The fourth-order valence-electron chi connectivity index (χ4n) is 2.37. The number of hydrogen-bond donors (Lipinski definition) is 2. The molecule has 1 aromatic heterocycles. The first-order chi connectivity index (χ1) is 10.7. The minimum atomic E-state index is -0.285. The van der Waals surface area contributed by atoms with Crippen LogP contribution in [-0.2, 0) is 6.42 Å². The molecule has 0 bridgehead atoms. The van der Waals surface area contributed by atoms with E-state index in [1.54, 1.807) is 24.3 Å². The van der Waals surface area contributed by atoms with Gasteiger partial charge in [0.15, 0.2) is 5.78 Å². The van der Waals surface area contributed by atoms with Crippen molar-refractivity contribution in [1.29, 1.82) is 0 Å². The summed E-state index contributed by atoms with van der Waals surface area (Å²) in [6, 6.07) is 10.2. The number of Topliss-reactive ketones (excluding diaryl/α,β-unsaturated/α-hetero) is 1. The molecule has 2 aromatic rings. The number of para-hydroxylation sites is 1. The predicted molar refractivity (Wildman–Crippen MR) is 80.8 cm³/mol. The Morgan fingerprint density at radius 1 is 1.09 bits per heavy atom. The zero-order chi connectivity index (χ0) is 15.5. The van der Waals surface area contributed by atoms with Crippen LogP contribution < -0.4 is 5.32 Å². The molecule has 5 heteroatoms. The molecule has 0 atom stereocenters. The van der Waals surface area contributed by atoms with Gasteiger partial charge in [-0.2, -0.15) is 0 Å². The zero-order valence-corrected chi connectivity index (χ0v) is 11.7. The summed E-state index contributed by atoms with van der Waals surface area (Å²) in [6.07, 6.45) is 3.34. The molecule has 0 amide bonds. The first kappa shape index (κ1) is 14.0. The van der Waals surface area contributed by atoms with Gasteiger partial charge >= 0.3 is 0 Å². The smallest absolute Gasteiger partial charge is 0.228 e. The Balaban J connectivity index is 1.71. The Hall–Kier alpha value is -2.95.